The average molecular weight is 301 g/mol. The zero-order chi connectivity index (χ0) is 14.8. The number of sulfonamides is 1. The van der Waals surface area contributed by atoms with E-state index in [2.05, 4.69) is 4.72 Å². The molecule has 0 amide bonds. The third kappa shape index (κ3) is 2.91. The highest BCUT2D eigenvalue weighted by molar-refractivity contribution is 7.92. The predicted molar refractivity (Wildman–Crippen MR) is 68.4 cm³/mol. The van der Waals surface area contributed by atoms with Crippen molar-refractivity contribution in [2.45, 2.75) is 11.7 Å². The lowest BCUT2D eigenvalue weighted by Crippen LogP contribution is -2.12. The van der Waals surface area contributed by atoms with Gasteiger partial charge in [-0.2, -0.15) is 8.42 Å². The van der Waals surface area contributed by atoms with E-state index in [0.29, 0.717) is 0 Å². The summed E-state index contributed by atoms with van der Waals surface area (Å²) in [4.78, 5) is 0. The SMILES string of the molecule is COc1ccc(NS(=O)(=O)c2ccc(CO)o2)cc1F. The van der Waals surface area contributed by atoms with Crippen LogP contribution in [0.4, 0.5) is 10.1 Å². The number of hydrogen-bond acceptors (Lipinski definition) is 5. The molecular weight excluding hydrogens is 289 g/mol. The first-order valence-corrected chi connectivity index (χ1v) is 7.00. The zero-order valence-electron chi connectivity index (χ0n) is 10.5. The Morgan fingerprint density at radius 2 is 2.10 bits per heavy atom. The average Bonchev–Trinajstić information content (AvgIpc) is 2.88. The van der Waals surface area contributed by atoms with Crippen molar-refractivity contribution in [2.75, 3.05) is 11.8 Å². The van der Waals surface area contributed by atoms with E-state index in [-0.39, 0.29) is 22.3 Å². The van der Waals surface area contributed by atoms with Crippen LogP contribution < -0.4 is 9.46 Å². The van der Waals surface area contributed by atoms with Crippen LogP contribution in [-0.2, 0) is 16.6 Å². The summed E-state index contributed by atoms with van der Waals surface area (Å²) in [7, 11) is -2.67. The minimum Gasteiger partial charge on any atom is -0.494 e. The van der Waals surface area contributed by atoms with Crippen molar-refractivity contribution in [3.05, 3.63) is 41.9 Å². The van der Waals surface area contributed by atoms with Crippen molar-refractivity contribution in [3.8, 4) is 5.75 Å². The summed E-state index contributed by atoms with van der Waals surface area (Å²) in [6.45, 7) is -0.410. The number of hydrogen-bond donors (Lipinski definition) is 2. The Bertz CT molecular complexity index is 710. The van der Waals surface area contributed by atoms with Crippen molar-refractivity contribution in [1.29, 1.82) is 0 Å². The van der Waals surface area contributed by atoms with Gasteiger partial charge in [-0.25, -0.2) is 4.39 Å². The highest BCUT2D eigenvalue weighted by Gasteiger charge is 2.19. The molecule has 2 rings (SSSR count). The van der Waals surface area contributed by atoms with Gasteiger partial charge in [0.15, 0.2) is 11.6 Å². The second-order valence-electron chi connectivity index (χ2n) is 3.83. The molecule has 0 bridgehead atoms. The van der Waals surface area contributed by atoms with Crippen LogP contribution in [0.15, 0.2) is 39.8 Å². The monoisotopic (exact) mass is 301 g/mol. The van der Waals surface area contributed by atoms with E-state index in [9.17, 15) is 12.8 Å². The summed E-state index contributed by atoms with van der Waals surface area (Å²) in [6.07, 6.45) is 0. The highest BCUT2D eigenvalue weighted by atomic mass is 32.2. The number of aliphatic hydroxyl groups is 1. The molecule has 0 radical (unpaired) electrons. The Hall–Kier alpha value is -2.06. The van der Waals surface area contributed by atoms with Crippen molar-refractivity contribution in [3.63, 3.8) is 0 Å². The molecule has 20 heavy (non-hydrogen) atoms. The Labute approximate surface area is 114 Å². The summed E-state index contributed by atoms with van der Waals surface area (Å²) in [5.74, 6) is -0.567. The van der Waals surface area contributed by atoms with E-state index in [1.807, 2.05) is 0 Å². The quantitative estimate of drug-likeness (QED) is 0.878. The van der Waals surface area contributed by atoms with Gasteiger partial charge >= 0.3 is 0 Å². The molecule has 8 heteroatoms. The summed E-state index contributed by atoms with van der Waals surface area (Å²) in [5, 5.41) is 8.46. The molecule has 1 aromatic heterocycles. The van der Waals surface area contributed by atoms with E-state index in [1.165, 1.54) is 31.4 Å². The topological polar surface area (TPSA) is 88.8 Å². The first-order chi connectivity index (χ1) is 9.46. The molecule has 1 aromatic carbocycles. The van der Waals surface area contributed by atoms with Crippen molar-refractivity contribution in [1.82, 2.24) is 0 Å². The molecule has 0 saturated carbocycles. The van der Waals surface area contributed by atoms with Gasteiger partial charge in [-0.1, -0.05) is 0 Å². The third-order valence-corrected chi connectivity index (χ3v) is 3.72. The molecule has 1 heterocycles. The number of aliphatic hydroxyl groups excluding tert-OH is 1. The summed E-state index contributed by atoms with van der Waals surface area (Å²) in [6, 6.07) is 6.19. The smallest absolute Gasteiger partial charge is 0.295 e. The van der Waals surface area contributed by atoms with Gasteiger partial charge in [-0.3, -0.25) is 4.72 Å². The van der Waals surface area contributed by atoms with Gasteiger partial charge in [0.1, 0.15) is 12.4 Å². The Morgan fingerprint density at radius 3 is 2.65 bits per heavy atom. The second-order valence-corrected chi connectivity index (χ2v) is 5.45. The van der Waals surface area contributed by atoms with Gasteiger partial charge in [0.2, 0.25) is 5.09 Å². The molecule has 0 aliphatic rings. The molecule has 0 atom stereocenters. The first kappa shape index (κ1) is 14.4. The fourth-order valence-electron chi connectivity index (χ4n) is 1.52. The van der Waals surface area contributed by atoms with Gasteiger partial charge in [0.25, 0.3) is 10.0 Å². The normalized spacial score (nSPS) is 11.3. The largest absolute Gasteiger partial charge is 0.494 e. The molecule has 6 nitrogen and oxygen atoms in total. The van der Waals surface area contributed by atoms with Crippen LogP contribution in [0.5, 0.6) is 5.75 Å². The predicted octanol–water partition coefficient (Wildman–Crippen LogP) is 1.72. The highest BCUT2D eigenvalue weighted by Crippen LogP contribution is 2.23. The lowest BCUT2D eigenvalue weighted by atomic mass is 10.3. The maximum atomic E-state index is 13.5. The first-order valence-electron chi connectivity index (χ1n) is 5.52. The Balaban J connectivity index is 2.26. The molecular formula is C12H12FNO5S. The van der Waals surface area contributed by atoms with E-state index >= 15 is 0 Å². The Morgan fingerprint density at radius 1 is 1.35 bits per heavy atom. The van der Waals surface area contributed by atoms with Gasteiger partial charge < -0.3 is 14.3 Å². The van der Waals surface area contributed by atoms with E-state index in [4.69, 9.17) is 14.3 Å². The van der Waals surface area contributed by atoms with Crippen LogP contribution in [0.3, 0.4) is 0 Å². The molecule has 0 saturated heterocycles. The fourth-order valence-corrected chi connectivity index (χ4v) is 2.52. The van der Waals surface area contributed by atoms with Gasteiger partial charge in [0, 0.05) is 6.07 Å². The molecule has 2 aromatic rings. The minimum atomic E-state index is -3.97. The third-order valence-electron chi connectivity index (χ3n) is 2.46. The number of nitrogens with one attached hydrogen (secondary N) is 1. The van der Waals surface area contributed by atoms with Crippen LogP contribution in [0.25, 0.3) is 0 Å². The maximum Gasteiger partial charge on any atom is 0.295 e. The van der Waals surface area contributed by atoms with E-state index in [0.717, 1.165) is 6.07 Å². The van der Waals surface area contributed by atoms with Crippen LogP contribution >= 0.6 is 0 Å². The fraction of sp³-hybridized carbons (Fsp3) is 0.167. The number of furan rings is 1. The number of benzene rings is 1. The number of methoxy groups -OCH3 is 1. The van der Waals surface area contributed by atoms with E-state index in [1.54, 1.807) is 0 Å². The van der Waals surface area contributed by atoms with Crippen LogP contribution in [-0.4, -0.2) is 20.6 Å². The summed E-state index contributed by atoms with van der Waals surface area (Å²) >= 11 is 0. The van der Waals surface area contributed by atoms with Gasteiger partial charge in [0.05, 0.1) is 12.8 Å². The van der Waals surface area contributed by atoms with Crippen molar-refractivity contribution < 1.29 is 27.1 Å². The summed E-state index contributed by atoms with van der Waals surface area (Å²) < 4.78 is 49.2. The number of rotatable bonds is 5. The van der Waals surface area contributed by atoms with Crippen LogP contribution in [0, 0.1) is 5.82 Å². The van der Waals surface area contributed by atoms with Crippen molar-refractivity contribution in [2.24, 2.45) is 0 Å². The van der Waals surface area contributed by atoms with Crippen molar-refractivity contribution >= 4 is 15.7 Å². The molecule has 2 N–H and O–H groups in total. The van der Waals surface area contributed by atoms with E-state index < -0.39 is 22.4 Å². The lowest BCUT2D eigenvalue weighted by Gasteiger charge is -2.07. The van der Waals surface area contributed by atoms with Gasteiger partial charge in [-0.05, 0) is 24.3 Å². The minimum absolute atomic E-state index is 0.00788. The van der Waals surface area contributed by atoms with Gasteiger partial charge in [-0.15, -0.1) is 0 Å². The number of halogens is 1. The molecule has 0 aliphatic heterocycles. The lowest BCUT2D eigenvalue weighted by molar-refractivity contribution is 0.236. The second kappa shape index (κ2) is 5.51. The van der Waals surface area contributed by atoms with Crippen LogP contribution in [0.2, 0.25) is 0 Å². The molecule has 0 spiro atoms. The maximum absolute atomic E-state index is 13.5. The Kier molecular flexibility index (Phi) is 3.96. The standard InChI is InChI=1S/C12H12FNO5S/c1-18-11-4-2-8(6-10(11)13)14-20(16,17)12-5-3-9(7-15)19-12/h2-6,14-15H,7H2,1H3. The number of ether oxygens (including phenoxy) is 1. The number of anilines is 1. The zero-order valence-corrected chi connectivity index (χ0v) is 11.3. The molecule has 0 aliphatic carbocycles. The van der Waals surface area contributed by atoms with Crippen LogP contribution in [0.1, 0.15) is 5.76 Å². The molecule has 0 unspecified atom stereocenters. The summed E-state index contributed by atoms with van der Waals surface area (Å²) in [5.41, 5.74) is 0.0326. The molecule has 108 valence electrons. The molecule has 0 fully saturated rings.